The van der Waals surface area contributed by atoms with E-state index in [1.165, 1.54) is 18.6 Å². The highest BCUT2D eigenvalue weighted by molar-refractivity contribution is 7.98. The fraction of sp³-hybridized carbons (Fsp3) is 1.00. The van der Waals surface area contributed by atoms with Crippen molar-refractivity contribution in [3.63, 3.8) is 0 Å². The summed E-state index contributed by atoms with van der Waals surface area (Å²) in [7, 11) is 0. The molecule has 0 spiro atoms. The van der Waals surface area contributed by atoms with Crippen LogP contribution in [-0.2, 0) is 4.74 Å². The van der Waals surface area contributed by atoms with E-state index in [9.17, 15) is 5.11 Å². The van der Waals surface area contributed by atoms with E-state index < -0.39 is 0 Å². The Hall–Kier alpha value is 0.230. The second-order valence-electron chi connectivity index (χ2n) is 5.97. The molecule has 0 aromatic heterocycles. The SMILES string of the molecule is CSCCC(C)NCC(O)COC1CCCC(C)C1. The van der Waals surface area contributed by atoms with Crippen LogP contribution in [0.15, 0.2) is 0 Å². The molecular weight excluding hydrogens is 258 g/mol. The highest BCUT2D eigenvalue weighted by Crippen LogP contribution is 2.25. The van der Waals surface area contributed by atoms with E-state index in [-0.39, 0.29) is 6.10 Å². The van der Waals surface area contributed by atoms with Gasteiger partial charge in [0.2, 0.25) is 0 Å². The van der Waals surface area contributed by atoms with Crippen LogP contribution in [0.5, 0.6) is 0 Å². The lowest BCUT2D eigenvalue weighted by molar-refractivity contribution is -0.0310. The van der Waals surface area contributed by atoms with E-state index in [0.29, 0.717) is 25.3 Å². The van der Waals surface area contributed by atoms with Gasteiger partial charge in [0.05, 0.1) is 18.8 Å². The summed E-state index contributed by atoms with van der Waals surface area (Å²) >= 11 is 1.87. The Bertz CT molecular complexity index is 228. The first-order valence-electron chi connectivity index (χ1n) is 7.63. The maximum atomic E-state index is 9.93. The highest BCUT2D eigenvalue weighted by atomic mass is 32.2. The Balaban J connectivity index is 2.05. The third kappa shape index (κ3) is 8.18. The van der Waals surface area contributed by atoms with Crippen LogP contribution in [-0.4, -0.2) is 48.5 Å². The summed E-state index contributed by atoms with van der Waals surface area (Å²) in [6.07, 6.45) is 8.18. The van der Waals surface area contributed by atoms with Crippen molar-refractivity contribution in [2.45, 2.75) is 64.2 Å². The number of thioether (sulfide) groups is 1. The van der Waals surface area contributed by atoms with E-state index in [4.69, 9.17) is 4.74 Å². The molecule has 0 saturated heterocycles. The zero-order valence-electron chi connectivity index (χ0n) is 12.7. The average molecular weight is 289 g/mol. The molecule has 1 aliphatic rings. The Labute approximate surface area is 122 Å². The molecule has 0 aromatic carbocycles. The van der Waals surface area contributed by atoms with E-state index in [2.05, 4.69) is 25.4 Å². The van der Waals surface area contributed by atoms with Crippen LogP contribution in [0, 0.1) is 5.92 Å². The van der Waals surface area contributed by atoms with Gasteiger partial charge in [0.15, 0.2) is 0 Å². The second kappa shape index (κ2) is 10.0. The molecule has 1 aliphatic carbocycles. The van der Waals surface area contributed by atoms with Gasteiger partial charge < -0.3 is 15.2 Å². The zero-order valence-corrected chi connectivity index (χ0v) is 13.5. The molecule has 0 amide bonds. The summed E-state index contributed by atoms with van der Waals surface area (Å²) < 4.78 is 5.83. The number of hydrogen-bond acceptors (Lipinski definition) is 4. The van der Waals surface area contributed by atoms with Crippen LogP contribution in [0.25, 0.3) is 0 Å². The second-order valence-corrected chi connectivity index (χ2v) is 6.96. The van der Waals surface area contributed by atoms with Crippen molar-refractivity contribution in [2.75, 3.05) is 25.2 Å². The third-order valence-electron chi connectivity index (χ3n) is 3.87. The highest BCUT2D eigenvalue weighted by Gasteiger charge is 2.20. The first-order valence-corrected chi connectivity index (χ1v) is 9.03. The fourth-order valence-corrected chi connectivity index (χ4v) is 3.16. The molecule has 0 aliphatic heterocycles. The predicted molar refractivity (Wildman–Crippen MR) is 83.8 cm³/mol. The minimum atomic E-state index is -0.381. The van der Waals surface area contributed by atoms with Crippen molar-refractivity contribution in [3.8, 4) is 0 Å². The molecule has 4 heteroatoms. The number of nitrogens with one attached hydrogen (secondary N) is 1. The smallest absolute Gasteiger partial charge is 0.0897 e. The van der Waals surface area contributed by atoms with Crippen molar-refractivity contribution in [3.05, 3.63) is 0 Å². The normalized spacial score (nSPS) is 27.2. The largest absolute Gasteiger partial charge is 0.389 e. The Kier molecular flexibility index (Phi) is 9.12. The first-order chi connectivity index (χ1) is 9.11. The van der Waals surface area contributed by atoms with Crippen LogP contribution in [0.4, 0.5) is 0 Å². The van der Waals surface area contributed by atoms with Gasteiger partial charge in [-0.05, 0) is 44.1 Å². The third-order valence-corrected chi connectivity index (χ3v) is 4.51. The van der Waals surface area contributed by atoms with E-state index in [1.807, 2.05) is 11.8 Å². The zero-order chi connectivity index (χ0) is 14.1. The molecule has 114 valence electrons. The molecule has 4 unspecified atom stereocenters. The Morgan fingerprint density at radius 3 is 2.89 bits per heavy atom. The summed E-state index contributed by atoms with van der Waals surface area (Å²) in [5.41, 5.74) is 0. The quantitative estimate of drug-likeness (QED) is 0.685. The summed E-state index contributed by atoms with van der Waals surface area (Å²) in [5.74, 6) is 1.95. The number of hydrogen-bond donors (Lipinski definition) is 2. The van der Waals surface area contributed by atoms with E-state index in [1.54, 1.807) is 0 Å². The average Bonchev–Trinajstić information content (AvgIpc) is 2.40. The van der Waals surface area contributed by atoms with Crippen LogP contribution in [0.2, 0.25) is 0 Å². The minimum Gasteiger partial charge on any atom is -0.389 e. The van der Waals surface area contributed by atoms with Gasteiger partial charge in [-0.1, -0.05) is 19.8 Å². The standard InChI is InChI=1S/C15H31NO2S/c1-12-5-4-6-15(9-12)18-11-14(17)10-16-13(2)7-8-19-3/h12-17H,4-11H2,1-3H3. The van der Waals surface area contributed by atoms with Crippen molar-refractivity contribution in [1.82, 2.24) is 5.32 Å². The van der Waals surface area contributed by atoms with Gasteiger partial charge in [-0.15, -0.1) is 0 Å². The fourth-order valence-electron chi connectivity index (χ4n) is 2.57. The van der Waals surface area contributed by atoms with Gasteiger partial charge in [-0.25, -0.2) is 0 Å². The molecule has 1 fully saturated rings. The van der Waals surface area contributed by atoms with Gasteiger partial charge in [-0.3, -0.25) is 0 Å². The monoisotopic (exact) mass is 289 g/mol. The van der Waals surface area contributed by atoms with Gasteiger partial charge in [0, 0.05) is 12.6 Å². The minimum absolute atomic E-state index is 0.368. The molecule has 1 saturated carbocycles. The lowest BCUT2D eigenvalue weighted by Gasteiger charge is -2.28. The lowest BCUT2D eigenvalue weighted by atomic mass is 9.89. The summed E-state index contributed by atoms with van der Waals surface area (Å²) in [6.45, 7) is 5.57. The van der Waals surface area contributed by atoms with Gasteiger partial charge >= 0.3 is 0 Å². The van der Waals surface area contributed by atoms with Crippen molar-refractivity contribution >= 4 is 11.8 Å². The molecule has 1 rings (SSSR count). The molecule has 19 heavy (non-hydrogen) atoms. The van der Waals surface area contributed by atoms with Crippen LogP contribution < -0.4 is 5.32 Å². The molecule has 0 radical (unpaired) electrons. The van der Waals surface area contributed by atoms with Gasteiger partial charge in [-0.2, -0.15) is 11.8 Å². The van der Waals surface area contributed by atoms with E-state index in [0.717, 1.165) is 25.2 Å². The molecule has 4 atom stereocenters. The molecule has 0 bridgehead atoms. The number of ether oxygens (including phenoxy) is 1. The van der Waals surface area contributed by atoms with E-state index >= 15 is 0 Å². The molecule has 0 heterocycles. The summed E-state index contributed by atoms with van der Waals surface area (Å²) in [5, 5.41) is 13.3. The Morgan fingerprint density at radius 1 is 1.42 bits per heavy atom. The summed E-state index contributed by atoms with van der Waals surface area (Å²) in [6, 6.07) is 0.469. The van der Waals surface area contributed by atoms with Crippen LogP contribution in [0.3, 0.4) is 0 Å². The van der Waals surface area contributed by atoms with Crippen molar-refractivity contribution < 1.29 is 9.84 Å². The molecule has 3 nitrogen and oxygen atoms in total. The maximum absolute atomic E-state index is 9.93. The molecule has 2 N–H and O–H groups in total. The first kappa shape index (κ1) is 17.3. The van der Waals surface area contributed by atoms with Crippen LogP contribution in [0.1, 0.15) is 46.0 Å². The Morgan fingerprint density at radius 2 is 2.21 bits per heavy atom. The topological polar surface area (TPSA) is 41.5 Å². The lowest BCUT2D eigenvalue weighted by Crippen LogP contribution is -2.37. The van der Waals surface area contributed by atoms with Crippen molar-refractivity contribution in [1.29, 1.82) is 0 Å². The molecule has 0 aromatic rings. The summed E-state index contributed by atoms with van der Waals surface area (Å²) in [4.78, 5) is 0. The van der Waals surface area contributed by atoms with Gasteiger partial charge in [0.25, 0.3) is 0 Å². The number of rotatable bonds is 9. The molecular formula is C15H31NO2S. The predicted octanol–water partition coefficient (Wildman–Crippen LogP) is 2.67. The number of aliphatic hydroxyl groups is 1. The maximum Gasteiger partial charge on any atom is 0.0897 e. The van der Waals surface area contributed by atoms with Crippen LogP contribution >= 0.6 is 11.8 Å². The number of aliphatic hydroxyl groups excluding tert-OH is 1. The van der Waals surface area contributed by atoms with Crippen molar-refractivity contribution in [2.24, 2.45) is 5.92 Å². The van der Waals surface area contributed by atoms with Gasteiger partial charge in [0.1, 0.15) is 0 Å².